The maximum absolute atomic E-state index is 12.3. The number of nitrogens with zero attached hydrogens (tertiary/aromatic N) is 3. The smallest absolute Gasteiger partial charge is 0.266 e. The molecule has 5 heteroatoms. The molecule has 0 spiro atoms. The Bertz CT molecular complexity index is 681. The zero-order valence-electron chi connectivity index (χ0n) is 14.4. The summed E-state index contributed by atoms with van der Waals surface area (Å²) in [7, 11) is 3.51. The predicted octanol–water partition coefficient (Wildman–Crippen LogP) is 4.14. The van der Waals surface area contributed by atoms with E-state index in [-0.39, 0.29) is 5.91 Å². The molecule has 1 aliphatic carbocycles. The molecule has 1 amide bonds. The Morgan fingerprint density at radius 1 is 1.26 bits per heavy atom. The number of aromatic nitrogens is 1. The lowest BCUT2D eigenvalue weighted by molar-refractivity contribution is -0.121. The van der Waals surface area contributed by atoms with Gasteiger partial charge in [-0.15, -0.1) is 0 Å². The first-order valence-corrected chi connectivity index (χ1v) is 9.17. The summed E-state index contributed by atoms with van der Waals surface area (Å²) in [5.74, 6) is 0.0399. The van der Waals surface area contributed by atoms with Gasteiger partial charge in [0, 0.05) is 31.5 Å². The van der Waals surface area contributed by atoms with E-state index in [1.807, 2.05) is 6.08 Å². The average Bonchev–Trinajstić information content (AvgIpc) is 2.99. The maximum Gasteiger partial charge on any atom is 0.266 e. The van der Waals surface area contributed by atoms with Crippen molar-refractivity contribution in [1.29, 1.82) is 0 Å². The largest absolute Gasteiger partial charge is 0.346 e. The van der Waals surface area contributed by atoms with Gasteiger partial charge in [-0.2, -0.15) is 0 Å². The monoisotopic (exact) mass is 331 g/mol. The SMILES string of the molecule is CN=C1S/C(=C\c2cc(C)n(C3CCCCC3)c2C)C(=O)N1C. The zero-order valence-corrected chi connectivity index (χ0v) is 15.2. The number of carbonyl (C=O) groups is 1. The number of hydrogen-bond acceptors (Lipinski definition) is 3. The van der Waals surface area contributed by atoms with Crippen molar-refractivity contribution in [2.45, 2.75) is 52.0 Å². The molecule has 3 rings (SSSR count). The standard InChI is InChI=1S/C18H25N3OS/c1-12-10-14(11-16-17(22)20(4)18(19-3)23-16)13(2)21(12)15-8-6-5-7-9-15/h10-11,15H,5-9H2,1-4H3/b16-11-,19-18?. The summed E-state index contributed by atoms with van der Waals surface area (Å²) in [6.07, 6.45) is 8.60. The lowest BCUT2D eigenvalue weighted by Gasteiger charge is -2.26. The molecule has 2 heterocycles. The molecule has 1 aromatic heterocycles. The number of rotatable bonds is 2. The van der Waals surface area contributed by atoms with Gasteiger partial charge in [0.15, 0.2) is 5.17 Å². The van der Waals surface area contributed by atoms with Crippen molar-refractivity contribution in [2.75, 3.05) is 14.1 Å². The molecule has 0 bridgehead atoms. The van der Waals surface area contributed by atoms with Crippen LogP contribution in [0.2, 0.25) is 0 Å². The molecule has 0 aromatic carbocycles. The molecule has 23 heavy (non-hydrogen) atoms. The van der Waals surface area contributed by atoms with E-state index in [9.17, 15) is 4.79 Å². The first-order valence-electron chi connectivity index (χ1n) is 8.35. The summed E-state index contributed by atoms with van der Waals surface area (Å²) in [5, 5.41) is 0.766. The molecule has 0 N–H and O–H groups in total. The van der Waals surface area contributed by atoms with E-state index in [4.69, 9.17) is 0 Å². The number of amidine groups is 1. The van der Waals surface area contributed by atoms with Crippen LogP contribution in [0.1, 0.15) is 55.1 Å². The molecule has 0 atom stereocenters. The molecular formula is C18H25N3OS. The normalized spacial score (nSPS) is 23.5. The van der Waals surface area contributed by atoms with Crippen LogP contribution in [0.15, 0.2) is 16.0 Å². The quantitative estimate of drug-likeness (QED) is 0.764. The van der Waals surface area contributed by atoms with Gasteiger partial charge in [-0.3, -0.25) is 14.7 Å². The van der Waals surface area contributed by atoms with E-state index in [0.29, 0.717) is 6.04 Å². The number of carbonyl (C=O) groups excluding carboxylic acids is 1. The topological polar surface area (TPSA) is 37.6 Å². The van der Waals surface area contributed by atoms with Gasteiger partial charge in [-0.1, -0.05) is 19.3 Å². The summed E-state index contributed by atoms with van der Waals surface area (Å²) in [6.45, 7) is 4.36. The van der Waals surface area contributed by atoms with Crippen LogP contribution in [0, 0.1) is 13.8 Å². The van der Waals surface area contributed by atoms with E-state index >= 15 is 0 Å². The van der Waals surface area contributed by atoms with Gasteiger partial charge in [0.1, 0.15) is 0 Å². The minimum Gasteiger partial charge on any atom is -0.346 e. The predicted molar refractivity (Wildman–Crippen MR) is 97.7 cm³/mol. The van der Waals surface area contributed by atoms with Gasteiger partial charge in [0.25, 0.3) is 5.91 Å². The first-order chi connectivity index (χ1) is 11.0. The molecule has 4 nitrogen and oxygen atoms in total. The minimum atomic E-state index is 0.0399. The lowest BCUT2D eigenvalue weighted by atomic mass is 9.95. The summed E-state index contributed by atoms with van der Waals surface area (Å²) < 4.78 is 2.48. The number of hydrogen-bond donors (Lipinski definition) is 0. The Morgan fingerprint density at radius 3 is 2.57 bits per heavy atom. The summed E-state index contributed by atoms with van der Waals surface area (Å²) in [6, 6.07) is 2.84. The molecule has 0 unspecified atom stereocenters. The van der Waals surface area contributed by atoms with E-state index < -0.39 is 0 Å². The van der Waals surface area contributed by atoms with Crippen molar-refractivity contribution in [3.63, 3.8) is 0 Å². The van der Waals surface area contributed by atoms with Gasteiger partial charge < -0.3 is 4.57 Å². The Hall–Kier alpha value is -1.49. The van der Waals surface area contributed by atoms with Crippen LogP contribution in [-0.4, -0.2) is 34.6 Å². The fraction of sp³-hybridized carbons (Fsp3) is 0.556. The van der Waals surface area contributed by atoms with Crippen molar-refractivity contribution in [3.8, 4) is 0 Å². The Balaban J connectivity index is 1.93. The molecule has 2 aliphatic rings. The summed E-state index contributed by atoms with van der Waals surface area (Å²) in [5.41, 5.74) is 3.74. The van der Waals surface area contributed by atoms with Gasteiger partial charge in [0.05, 0.1) is 4.91 Å². The molecule has 124 valence electrons. The minimum absolute atomic E-state index is 0.0399. The second-order valence-electron chi connectivity index (χ2n) is 6.47. The van der Waals surface area contributed by atoms with Crippen LogP contribution in [-0.2, 0) is 4.79 Å². The van der Waals surface area contributed by atoms with Crippen molar-refractivity contribution < 1.29 is 4.79 Å². The van der Waals surface area contributed by atoms with Crippen molar-refractivity contribution in [3.05, 3.63) is 27.9 Å². The van der Waals surface area contributed by atoms with Gasteiger partial charge in [-0.05, 0) is 56.2 Å². The van der Waals surface area contributed by atoms with Crippen LogP contribution >= 0.6 is 11.8 Å². The van der Waals surface area contributed by atoms with Crippen LogP contribution in [0.3, 0.4) is 0 Å². The first kappa shape index (κ1) is 16.4. The highest BCUT2D eigenvalue weighted by molar-refractivity contribution is 8.18. The third kappa shape index (κ3) is 2.99. The maximum atomic E-state index is 12.3. The molecule has 2 fully saturated rings. The third-order valence-electron chi connectivity index (χ3n) is 4.94. The molecule has 1 saturated carbocycles. The number of amides is 1. The van der Waals surface area contributed by atoms with Crippen LogP contribution in [0.5, 0.6) is 0 Å². The van der Waals surface area contributed by atoms with E-state index in [1.165, 1.54) is 55.3 Å². The number of aliphatic imine (C=N–C) groups is 1. The van der Waals surface area contributed by atoms with Gasteiger partial charge >= 0.3 is 0 Å². The van der Waals surface area contributed by atoms with Crippen molar-refractivity contribution in [2.24, 2.45) is 4.99 Å². The summed E-state index contributed by atoms with van der Waals surface area (Å²) in [4.78, 5) is 18.9. The Labute approximate surface area is 142 Å². The molecule has 0 radical (unpaired) electrons. The average molecular weight is 331 g/mol. The molecule has 1 saturated heterocycles. The number of aryl methyl sites for hydroxylation is 1. The van der Waals surface area contributed by atoms with Gasteiger partial charge in [0.2, 0.25) is 0 Å². The van der Waals surface area contributed by atoms with Gasteiger partial charge in [-0.25, -0.2) is 0 Å². The fourth-order valence-corrected chi connectivity index (χ4v) is 4.66. The second-order valence-corrected chi connectivity index (χ2v) is 7.48. The molecule has 1 aliphatic heterocycles. The van der Waals surface area contributed by atoms with E-state index in [2.05, 4.69) is 29.5 Å². The molecule has 1 aromatic rings. The second kappa shape index (κ2) is 6.56. The Kier molecular flexibility index (Phi) is 4.67. The molecular weight excluding hydrogens is 306 g/mol. The van der Waals surface area contributed by atoms with Crippen LogP contribution < -0.4 is 0 Å². The highest BCUT2D eigenvalue weighted by Gasteiger charge is 2.30. The van der Waals surface area contributed by atoms with Crippen LogP contribution in [0.25, 0.3) is 6.08 Å². The number of likely N-dealkylation sites (N-methyl/N-ethyl adjacent to an activating group) is 1. The van der Waals surface area contributed by atoms with Crippen LogP contribution in [0.4, 0.5) is 0 Å². The highest BCUT2D eigenvalue weighted by atomic mass is 32.2. The summed E-state index contributed by atoms with van der Waals surface area (Å²) >= 11 is 1.46. The fourth-order valence-electron chi connectivity index (χ4n) is 3.74. The zero-order chi connectivity index (χ0) is 16.6. The van der Waals surface area contributed by atoms with Crippen molar-refractivity contribution in [1.82, 2.24) is 9.47 Å². The third-order valence-corrected chi connectivity index (χ3v) is 6.10. The number of thioether (sulfide) groups is 1. The van der Waals surface area contributed by atoms with Crippen molar-refractivity contribution >= 4 is 28.9 Å². The van der Waals surface area contributed by atoms with E-state index in [1.54, 1.807) is 19.0 Å². The lowest BCUT2D eigenvalue weighted by Crippen LogP contribution is -2.23. The van der Waals surface area contributed by atoms with E-state index in [0.717, 1.165) is 15.6 Å². The highest BCUT2D eigenvalue weighted by Crippen LogP contribution is 2.35. The Morgan fingerprint density at radius 2 is 1.96 bits per heavy atom.